The monoisotopic (exact) mass is 404 g/mol. The van der Waals surface area contributed by atoms with Gasteiger partial charge < -0.3 is 16.0 Å². The van der Waals surface area contributed by atoms with Crippen LogP contribution in [0.4, 0.5) is 25.8 Å². The SMILES string of the molecule is CCN(CC(=O)Nc1ccc(NC(C)=O)cc1)CC(=O)Nc1c(F)cccc1F. The molecule has 7 nitrogen and oxygen atoms in total. The Morgan fingerprint density at radius 3 is 1.79 bits per heavy atom. The lowest BCUT2D eigenvalue weighted by Gasteiger charge is -2.19. The summed E-state index contributed by atoms with van der Waals surface area (Å²) in [5.74, 6) is -2.94. The number of amides is 3. The Labute approximate surface area is 167 Å². The molecule has 2 aromatic carbocycles. The molecule has 0 heterocycles. The van der Waals surface area contributed by atoms with Crippen LogP contribution in [0.1, 0.15) is 13.8 Å². The van der Waals surface area contributed by atoms with E-state index in [1.54, 1.807) is 31.2 Å². The second-order valence-corrected chi connectivity index (χ2v) is 6.25. The van der Waals surface area contributed by atoms with Crippen LogP contribution in [0.5, 0.6) is 0 Å². The van der Waals surface area contributed by atoms with Crippen molar-refractivity contribution in [2.45, 2.75) is 13.8 Å². The van der Waals surface area contributed by atoms with E-state index in [2.05, 4.69) is 16.0 Å². The molecule has 2 aromatic rings. The van der Waals surface area contributed by atoms with Crippen LogP contribution in [0.15, 0.2) is 42.5 Å². The summed E-state index contributed by atoms with van der Waals surface area (Å²) in [6.07, 6.45) is 0. The van der Waals surface area contributed by atoms with Gasteiger partial charge in [0.05, 0.1) is 13.1 Å². The molecule has 0 spiro atoms. The number of anilines is 3. The minimum Gasteiger partial charge on any atom is -0.326 e. The van der Waals surface area contributed by atoms with E-state index in [9.17, 15) is 23.2 Å². The smallest absolute Gasteiger partial charge is 0.238 e. The van der Waals surface area contributed by atoms with Gasteiger partial charge >= 0.3 is 0 Å². The molecule has 0 aliphatic rings. The number of rotatable bonds is 8. The Kier molecular flexibility index (Phi) is 7.79. The summed E-state index contributed by atoms with van der Waals surface area (Å²) in [5, 5.41) is 7.49. The molecule has 29 heavy (non-hydrogen) atoms. The van der Waals surface area contributed by atoms with Gasteiger partial charge in [0, 0.05) is 18.3 Å². The standard InChI is InChI=1S/C20H22F2N4O3/c1-3-26(12-19(29)25-20-16(21)5-4-6-17(20)22)11-18(28)24-15-9-7-14(8-10-15)23-13(2)27/h4-10H,3,11-12H2,1-2H3,(H,23,27)(H,24,28)(H,25,29). The molecule has 0 aliphatic carbocycles. The number of para-hydroxylation sites is 1. The Morgan fingerprint density at radius 2 is 1.31 bits per heavy atom. The fourth-order valence-electron chi connectivity index (χ4n) is 2.52. The second-order valence-electron chi connectivity index (χ2n) is 6.25. The molecule has 0 bridgehead atoms. The van der Waals surface area contributed by atoms with Crippen molar-refractivity contribution in [3.05, 3.63) is 54.1 Å². The molecule has 154 valence electrons. The first-order valence-corrected chi connectivity index (χ1v) is 8.92. The van der Waals surface area contributed by atoms with Crippen LogP contribution in [0, 0.1) is 11.6 Å². The van der Waals surface area contributed by atoms with Crippen LogP contribution in [0.3, 0.4) is 0 Å². The van der Waals surface area contributed by atoms with Crippen molar-refractivity contribution in [1.82, 2.24) is 4.90 Å². The summed E-state index contributed by atoms with van der Waals surface area (Å²) in [5.41, 5.74) is 0.609. The molecule has 2 rings (SSSR count). The molecule has 9 heteroatoms. The summed E-state index contributed by atoms with van der Waals surface area (Å²) in [4.78, 5) is 36.9. The highest BCUT2D eigenvalue weighted by atomic mass is 19.1. The summed E-state index contributed by atoms with van der Waals surface area (Å²) in [6, 6.07) is 9.84. The van der Waals surface area contributed by atoms with Gasteiger partial charge in [0.15, 0.2) is 0 Å². The number of hydrogen-bond acceptors (Lipinski definition) is 4. The Balaban J connectivity index is 1.89. The maximum Gasteiger partial charge on any atom is 0.238 e. The summed E-state index contributed by atoms with van der Waals surface area (Å²) in [6.45, 7) is 3.23. The first-order chi connectivity index (χ1) is 13.8. The molecule has 0 radical (unpaired) electrons. The lowest BCUT2D eigenvalue weighted by atomic mass is 10.2. The third-order valence-corrected chi connectivity index (χ3v) is 3.90. The molecule has 0 atom stereocenters. The van der Waals surface area contributed by atoms with Gasteiger partial charge in [0.2, 0.25) is 17.7 Å². The summed E-state index contributed by atoms with van der Waals surface area (Å²) < 4.78 is 27.3. The Morgan fingerprint density at radius 1 is 0.828 bits per heavy atom. The third kappa shape index (κ3) is 6.96. The van der Waals surface area contributed by atoms with E-state index >= 15 is 0 Å². The number of nitrogens with one attached hydrogen (secondary N) is 3. The minimum atomic E-state index is -0.873. The molecule has 0 saturated carbocycles. The van der Waals surface area contributed by atoms with Gasteiger partial charge in [-0.25, -0.2) is 8.78 Å². The first kappa shape index (κ1) is 22.0. The number of carbonyl (C=O) groups excluding carboxylic acids is 3. The number of halogens is 2. The Bertz CT molecular complexity index is 868. The van der Waals surface area contributed by atoms with E-state index in [1.807, 2.05) is 0 Å². The van der Waals surface area contributed by atoms with E-state index in [1.165, 1.54) is 17.9 Å². The highest BCUT2D eigenvalue weighted by Crippen LogP contribution is 2.18. The van der Waals surface area contributed by atoms with Gasteiger partial charge in [0.1, 0.15) is 17.3 Å². The second kappa shape index (κ2) is 10.3. The van der Waals surface area contributed by atoms with Gasteiger partial charge in [-0.2, -0.15) is 0 Å². The molecular weight excluding hydrogens is 382 g/mol. The highest BCUT2D eigenvalue weighted by Gasteiger charge is 2.16. The zero-order chi connectivity index (χ0) is 21.4. The van der Waals surface area contributed by atoms with Gasteiger partial charge in [-0.3, -0.25) is 19.3 Å². The fraction of sp³-hybridized carbons (Fsp3) is 0.250. The molecule has 3 amide bonds. The molecule has 0 unspecified atom stereocenters. The average Bonchev–Trinajstić information content (AvgIpc) is 2.65. The number of benzene rings is 2. The van der Waals surface area contributed by atoms with Crippen molar-refractivity contribution in [2.24, 2.45) is 0 Å². The Hall–Kier alpha value is -3.33. The van der Waals surface area contributed by atoms with Crippen molar-refractivity contribution in [3.63, 3.8) is 0 Å². The fourth-order valence-corrected chi connectivity index (χ4v) is 2.52. The van der Waals surface area contributed by atoms with Crippen molar-refractivity contribution < 1.29 is 23.2 Å². The quantitative estimate of drug-likeness (QED) is 0.631. The van der Waals surface area contributed by atoms with Crippen molar-refractivity contribution in [3.8, 4) is 0 Å². The van der Waals surface area contributed by atoms with Gasteiger partial charge in [-0.15, -0.1) is 0 Å². The maximum atomic E-state index is 13.6. The lowest BCUT2D eigenvalue weighted by molar-refractivity contribution is -0.120. The number of hydrogen-bond donors (Lipinski definition) is 3. The van der Waals surface area contributed by atoms with Crippen LogP contribution in [0.2, 0.25) is 0 Å². The van der Waals surface area contributed by atoms with E-state index in [4.69, 9.17) is 0 Å². The third-order valence-electron chi connectivity index (χ3n) is 3.90. The topological polar surface area (TPSA) is 90.5 Å². The average molecular weight is 404 g/mol. The number of nitrogens with zero attached hydrogens (tertiary/aromatic N) is 1. The van der Waals surface area contributed by atoms with Gasteiger partial charge in [0.25, 0.3) is 0 Å². The normalized spacial score (nSPS) is 10.5. The molecule has 0 saturated heterocycles. The van der Waals surface area contributed by atoms with E-state index in [-0.39, 0.29) is 24.9 Å². The molecule has 0 aromatic heterocycles. The predicted molar refractivity (Wildman–Crippen MR) is 106 cm³/mol. The van der Waals surface area contributed by atoms with Gasteiger partial charge in [-0.05, 0) is 42.9 Å². The number of likely N-dealkylation sites (N-methyl/N-ethyl adjacent to an activating group) is 1. The van der Waals surface area contributed by atoms with E-state index < -0.39 is 23.2 Å². The van der Waals surface area contributed by atoms with Crippen LogP contribution in [0.25, 0.3) is 0 Å². The first-order valence-electron chi connectivity index (χ1n) is 8.92. The highest BCUT2D eigenvalue weighted by molar-refractivity contribution is 5.95. The van der Waals surface area contributed by atoms with Crippen LogP contribution in [-0.2, 0) is 14.4 Å². The molecule has 3 N–H and O–H groups in total. The lowest BCUT2D eigenvalue weighted by Crippen LogP contribution is -2.38. The van der Waals surface area contributed by atoms with Crippen molar-refractivity contribution >= 4 is 34.8 Å². The van der Waals surface area contributed by atoms with E-state index in [0.717, 1.165) is 12.1 Å². The van der Waals surface area contributed by atoms with Gasteiger partial charge in [-0.1, -0.05) is 13.0 Å². The predicted octanol–water partition coefficient (Wildman–Crippen LogP) is 2.82. The van der Waals surface area contributed by atoms with Crippen LogP contribution < -0.4 is 16.0 Å². The number of carbonyl (C=O) groups is 3. The molecule has 0 fully saturated rings. The molecular formula is C20H22F2N4O3. The largest absolute Gasteiger partial charge is 0.326 e. The molecule has 0 aliphatic heterocycles. The summed E-state index contributed by atoms with van der Waals surface area (Å²) in [7, 11) is 0. The van der Waals surface area contributed by atoms with Crippen molar-refractivity contribution in [2.75, 3.05) is 35.6 Å². The minimum absolute atomic E-state index is 0.0862. The summed E-state index contributed by atoms with van der Waals surface area (Å²) >= 11 is 0. The van der Waals surface area contributed by atoms with Crippen LogP contribution in [-0.4, -0.2) is 42.3 Å². The zero-order valence-corrected chi connectivity index (χ0v) is 16.1. The van der Waals surface area contributed by atoms with Crippen LogP contribution >= 0.6 is 0 Å². The van der Waals surface area contributed by atoms with Crippen molar-refractivity contribution in [1.29, 1.82) is 0 Å². The zero-order valence-electron chi connectivity index (χ0n) is 16.1. The van der Waals surface area contributed by atoms with E-state index in [0.29, 0.717) is 17.9 Å². The maximum absolute atomic E-state index is 13.6.